The number of aliphatic hydroxyl groups excluding tert-OH is 2. The van der Waals surface area contributed by atoms with Crippen LogP contribution in [0.5, 0.6) is 0 Å². The molecule has 0 aliphatic carbocycles. The normalized spacial score (nSPS) is 21.7. The molecule has 1 aliphatic heterocycles. The molecule has 5 N–H and O–H groups in total. The van der Waals surface area contributed by atoms with Gasteiger partial charge in [0, 0.05) is 13.0 Å². The van der Waals surface area contributed by atoms with Crippen LogP contribution in [-0.4, -0.2) is 58.3 Å². The minimum absolute atomic E-state index is 0.0430. The van der Waals surface area contributed by atoms with Gasteiger partial charge in [-0.3, -0.25) is 9.59 Å². The van der Waals surface area contributed by atoms with Crippen LogP contribution in [0.15, 0.2) is 24.3 Å². The monoisotopic (exact) mass is 388 g/mol. The lowest BCUT2D eigenvalue weighted by atomic mass is 9.86. The van der Waals surface area contributed by atoms with E-state index in [1.807, 2.05) is 26.8 Å². The topological polar surface area (TPSA) is 140 Å². The van der Waals surface area contributed by atoms with Crippen LogP contribution >= 0.6 is 0 Å². The molecule has 8 heteroatoms. The lowest BCUT2D eigenvalue weighted by molar-refractivity contribution is -0.141. The van der Waals surface area contributed by atoms with Gasteiger partial charge >= 0.3 is 0 Å². The first-order valence-electron chi connectivity index (χ1n) is 9.24. The van der Waals surface area contributed by atoms with Crippen molar-refractivity contribution in [2.45, 2.75) is 51.4 Å². The van der Waals surface area contributed by atoms with Gasteiger partial charge < -0.3 is 26.2 Å². The Morgan fingerprint density at radius 1 is 1.36 bits per heavy atom. The number of carbonyl (C=O) groups is 2. The highest BCUT2D eigenvalue weighted by Crippen LogP contribution is 2.25. The molecule has 0 saturated carbocycles. The number of nitrogens with two attached hydrogens (primary N) is 1. The van der Waals surface area contributed by atoms with Crippen LogP contribution in [0.3, 0.4) is 0 Å². The molecule has 4 atom stereocenters. The molecule has 28 heavy (non-hydrogen) atoms. The Kier molecular flexibility index (Phi) is 6.77. The van der Waals surface area contributed by atoms with Gasteiger partial charge in [0.05, 0.1) is 36.4 Å². The molecule has 1 aliphatic rings. The Hall–Kier alpha value is -2.47. The van der Waals surface area contributed by atoms with Crippen molar-refractivity contribution in [2.75, 3.05) is 13.2 Å². The fourth-order valence-corrected chi connectivity index (χ4v) is 3.15. The molecule has 2 rings (SSSR count). The number of nitriles is 1. The third kappa shape index (κ3) is 4.87. The Morgan fingerprint density at radius 3 is 2.46 bits per heavy atom. The average molecular weight is 388 g/mol. The second-order valence-corrected chi connectivity index (χ2v) is 8.22. The van der Waals surface area contributed by atoms with Crippen molar-refractivity contribution in [1.82, 2.24) is 10.2 Å². The van der Waals surface area contributed by atoms with Gasteiger partial charge in [0.15, 0.2) is 0 Å². The summed E-state index contributed by atoms with van der Waals surface area (Å²) in [7, 11) is 0. The number of benzene rings is 1. The summed E-state index contributed by atoms with van der Waals surface area (Å²) in [4.78, 5) is 26.9. The van der Waals surface area contributed by atoms with E-state index in [4.69, 9.17) is 11.0 Å². The largest absolute Gasteiger partial charge is 0.394 e. The maximum Gasteiger partial charge on any atom is 0.243 e. The summed E-state index contributed by atoms with van der Waals surface area (Å²) >= 11 is 0. The smallest absolute Gasteiger partial charge is 0.243 e. The third-order valence-electron chi connectivity index (χ3n) is 5.01. The zero-order chi connectivity index (χ0) is 21.1. The molecular weight excluding hydrogens is 360 g/mol. The summed E-state index contributed by atoms with van der Waals surface area (Å²) < 4.78 is 0. The van der Waals surface area contributed by atoms with Crippen molar-refractivity contribution in [3.8, 4) is 6.07 Å². The second kappa shape index (κ2) is 8.69. The molecule has 0 radical (unpaired) electrons. The minimum atomic E-state index is -0.858. The van der Waals surface area contributed by atoms with Crippen molar-refractivity contribution < 1.29 is 19.8 Å². The van der Waals surface area contributed by atoms with E-state index < -0.39 is 35.6 Å². The molecule has 0 bridgehead atoms. The second-order valence-electron chi connectivity index (χ2n) is 8.22. The first-order chi connectivity index (χ1) is 13.1. The minimum Gasteiger partial charge on any atom is -0.394 e. The Bertz CT molecular complexity index is 751. The van der Waals surface area contributed by atoms with Crippen LogP contribution in [0, 0.1) is 16.7 Å². The van der Waals surface area contributed by atoms with Crippen LogP contribution in [-0.2, 0) is 9.59 Å². The highest BCUT2D eigenvalue weighted by molar-refractivity contribution is 5.91. The molecule has 8 nitrogen and oxygen atoms in total. The number of likely N-dealkylation sites (tertiary alicyclic amines) is 1. The number of carbonyl (C=O) groups excluding carboxylic acids is 2. The number of nitrogens with one attached hydrogen (secondary N) is 1. The molecule has 152 valence electrons. The van der Waals surface area contributed by atoms with Gasteiger partial charge in [0.2, 0.25) is 11.8 Å². The van der Waals surface area contributed by atoms with Crippen molar-refractivity contribution in [1.29, 1.82) is 5.26 Å². The first-order valence-corrected chi connectivity index (χ1v) is 9.24. The van der Waals surface area contributed by atoms with Gasteiger partial charge in [-0.1, -0.05) is 32.9 Å². The number of rotatable bonds is 5. The Labute approximate surface area is 164 Å². The van der Waals surface area contributed by atoms with Crippen molar-refractivity contribution in [2.24, 2.45) is 11.1 Å². The Morgan fingerprint density at radius 2 is 1.96 bits per heavy atom. The van der Waals surface area contributed by atoms with E-state index >= 15 is 0 Å². The van der Waals surface area contributed by atoms with E-state index in [9.17, 15) is 19.8 Å². The lowest BCUT2D eigenvalue weighted by Crippen LogP contribution is -2.55. The van der Waals surface area contributed by atoms with Crippen molar-refractivity contribution in [3.63, 3.8) is 0 Å². The van der Waals surface area contributed by atoms with Crippen LogP contribution in [0.2, 0.25) is 0 Å². The predicted octanol–water partition coefficient (Wildman–Crippen LogP) is 0.0431. The van der Waals surface area contributed by atoms with Gasteiger partial charge in [-0.05, 0) is 23.1 Å². The van der Waals surface area contributed by atoms with Gasteiger partial charge in [0.25, 0.3) is 0 Å². The molecule has 0 aromatic heterocycles. The first kappa shape index (κ1) is 21.8. The predicted molar refractivity (Wildman–Crippen MR) is 103 cm³/mol. The Balaban J connectivity index is 2.15. The standard InChI is InChI=1S/C20H28N4O4/c1-20(2,3)17(22)19(28)24-10-14(26)8-16(24)18(27)23-15(11-25)13-6-4-12(9-21)5-7-13/h4-7,14-17,25-26H,8,10-11,22H2,1-3H3,(H,23,27)/t14-,15+,16+,17-/m1/s1. The summed E-state index contributed by atoms with van der Waals surface area (Å²) in [5.41, 5.74) is 6.68. The number of amides is 2. The van der Waals surface area contributed by atoms with Crippen molar-refractivity contribution >= 4 is 11.8 Å². The zero-order valence-electron chi connectivity index (χ0n) is 16.4. The maximum absolute atomic E-state index is 12.8. The highest BCUT2D eigenvalue weighted by Gasteiger charge is 2.43. The summed E-state index contributed by atoms with van der Waals surface area (Å²) in [6.07, 6.45) is -0.700. The van der Waals surface area contributed by atoms with Crippen LogP contribution in [0.1, 0.15) is 44.4 Å². The fraction of sp³-hybridized carbons (Fsp3) is 0.550. The zero-order valence-corrected chi connectivity index (χ0v) is 16.4. The van der Waals surface area contributed by atoms with Gasteiger partial charge in [-0.2, -0.15) is 5.26 Å². The van der Waals surface area contributed by atoms with E-state index in [1.54, 1.807) is 24.3 Å². The molecule has 1 heterocycles. The van der Waals surface area contributed by atoms with E-state index in [-0.39, 0.29) is 25.5 Å². The van der Waals surface area contributed by atoms with E-state index in [0.717, 1.165) is 0 Å². The van der Waals surface area contributed by atoms with Gasteiger partial charge in [-0.15, -0.1) is 0 Å². The highest BCUT2D eigenvalue weighted by atomic mass is 16.3. The summed E-state index contributed by atoms with van der Waals surface area (Å²) in [6.45, 7) is 5.21. The van der Waals surface area contributed by atoms with Crippen LogP contribution < -0.4 is 11.1 Å². The number of aliphatic hydroxyl groups is 2. The van der Waals surface area contributed by atoms with Gasteiger partial charge in [0.1, 0.15) is 6.04 Å². The number of hydrogen-bond acceptors (Lipinski definition) is 6. The average Bonchev–Trinajstić information content (AvgIpc) is 3.06. The number of β-amino-alcohol motifs (C(OH)–C–C–N with tert-alkyl or cyclic N) is 1. The van der Waals surface area contributed by atoms with E-state index in [1.165, 1.54) is 4.90 Å². The molecule has 1 fully saturated rings. The summed E-state index contributed by atoms with van der Waals surface area (Å²) in [5, 5.41) is 31.3. The van der Waals surface area contributed by atoms with E-state index in [2.05, 4.69) is 5.32 Å². The maximum atomic E-state index is 12.8. The number of nitrogens with zero attached hydrogens (tertiary/aromatic N) is 2. The van der Waals surface area contributed by atoms with Crippen LogP contribution in [0.4, 0.5) is 0 Å². The molecule has 1 aromatic rings. The van der Waals surface area contributed by atoms with Crippen LogP contribution in [0.25, 0.3) is 0 Å². The molecule has 1 aromatic carbocycles. The molecule has 0 spiro atoms. The lowest BCUT2D eigenvalue weighted by Gasteiger charge is -2.33. The molecule has 0 unspecified atom stereocenters. The van der Waals surface area contributed by atoms with Gasteiger partial charge in [-0.25, -0.2) is 0 Å². The molecular formula is C20H28N4O4. The van der Waals surface area contributed by atoms with E-state index in [0.29, 0.717) is 11.1 Å². The quantitative estimate of drug-likeness (QED) is 0.562. The third-order valence-corrected chi connectivity index (χ3v) is 5.01. The SMILES string of the molecule is CC(C)(C)[C@H](N)C(=O)N1C[C@H](O)C[C@H]1C(=O)N[C@@H](CO)c1ccc(C#N)cc1. The molecule has 2 amide bonds. The fourth-order valence-electron chi connectivity index (χ4n) is 3.15. The molecule has 1 saturated heterocycles. The summed E-state index contributed by atoms with van der Waals surface area (Å²) in [6, 6.07) is 6.16. The number of hydrogen-bond donors (Lipinski definition) is 4. The summed E-state index contributed by atoms with van der Waals surface area (Å²) in [5.74, 6) is -0.849. The van der Waals surface area contributed by atoms with Crippen molar-refractivity contribution in [3.05, 3.63) is 35.4 Å².